The molecule has 1 aliphatic rings. The third kappa shape index (κ3) is 6.98. The summed E-state index contributed by atoms with van der Waals surface area (Å²) < 4.78 is 36.1. The molecule has 0 radical (unpaired) electrons. The number of unbranched alkanes of at least 4 members (excludes halogenated alkanes) is 2. The molecule has 0 aliphatic carbocycles. The summed E-state index contributed by atoms with van der Waals surface area (Å²) in [5.74, 6) is -1.13. The van der Waals surface area contributed by atoms with Crippen molar-refractivity contribution in [1.82, 2.24) is 4.90 Å². The standard InChI is InChI=1S/C29H38N2O7S/c1-6-9-10-12-19-13-15-21(30-25(32)11-7-2)27-26(19)28(33)31(29(27)34)22(18-39(5,35)36)20-14-16-23(37-4)24(17-20)38-8-3/h13-17,22H,6-12,18H2,1-5H3,(H,30,32)/t22-/m1/s1. The smallest absolute Gasteiger partial charge is 0.264 e. The maximum Gasteiger partial charge on any atom is 0.264 e. The van der Waals surface area contributed by atoms with Gasteiger partial charge in [-0.2, -0.15) is 0 Å². The van der Waals surface area contributed by atoms with Gasteiger partial charge >= 0.3 is 0 Å². The third-order valence-corrected chi connectivity index (χ3v) is 7.52. The Balaban J connectivity index is 2.16. The first-order chi connectivity index (χ1) is 18.6. The average molecular weight is 559 g/mol. The molecule has 1 heterocycles. The molecule has 9 nitrogen and oxygen atoms in total. The van der Waals surface area contributed by atoms with Crippen molar-refractivity contribution in [2.45, 2.75) is 65.3 Å². The summed E-state index contributed by atoms with van der Waals surface area (Å²) >= 11 is 0. The lowest BCUT2D eigenvalue weighted by Gasteiger charge is -2.27. The Labute approximate surface area is 230 Å². The van der Waals surface area contributed by atoms with Crippen LogP contribution in [0.25, 0.3) is 0 Å². The minimum Gasteiger partial charge on any atom is -0.493 e. The number of nitrogens with one attached hydrogen (secondary N) is 1. The second-order valence-corrected chi connectivity index (χ2v) is 11.9. The Bertz CT molecular complexity index is 1340. The van der Waals surface area contributed by atoms with E-state index in [-0.39, 0.29) is 29.1 Å². The Kier molecular flexibility index (Phi) is 10.1. The maximum absolute atomic E-state index is 14.0. The average Bonchev–Trinajstić information content (AvgIpc) is 3.14. The van der Waals surface area contributed by atoms with E-state index in [1.165, 1.54) is 7.11 Å². The first-order valence-corrected chi connectivity index (χ1v) is 15.4. The lowest BCUT2D eigenvalue weighted by Crippen LogP contribution is -2.38. The molecule has 0 spiro atoms. The van der Waals surface area contributed by atoms with Gasteiger partial charge in [-0.3, -0.25) is 19.3 Å². The van der Waals surface area contributed by atoms with E-state index in [0.29, 0.717) is 42.1 Å². The molecule has 0 aromatic heterocycles. The number of rotatable bonds is 14. The number of carbonyl (C=O) groups is 3. The van der Waals surface area contributed by atoms with E-state index in [0.717, 1.165) is 30.4 Å². The molecule has 0 saturated heterocycles. The highest BCUT2D eigenvalue weighted by Gasteiger charge is 2.44. The molecular weight excluding hydrogens is 520 g/mol. The van der Waals surface area contributed by atoms with Gasteiger partial charge in [0.1, 0.15) is 9.84 Å². The Hall–Kier alpha value is -3.40. The number of aryl methyl sites for hydroxylation is 1. The molecule has 2 aromatic rings. The molecule has 0 unspecified atom stereocenters. The van der Waals surface area contributed by atoms with Gasteiger partial charge in [0.15, 0.2) is 11.5 Å². The third-order valence-electron chi connectivity index (χ3n) is 6.60. The molecule has 1 aliphatic heterocycles. The van der Waals surface area contributed by atoms with Gasteiger partial charge in [-0.1, -0.05) is 38.8 Å². The molecule has 39 heavy (non-hydrogen) atoms. The van der Waals surface area contributed by atoms with E-state index in [9.17, 15) is 22.8 Å². The Morgan fingerprint density at radius 1 is 0.974 bits per heavy atom. The van der Waals surface area contributed by atoms with Gasteiger partial charge in [-0.15, -0.1) is 0 Å². The number of nitrogens with zero attached hydrogens (tertiary/aromatic N) is 1. The maximum atomic E-state index is 14.0. The molecule has 1 atom stereocenters. The zero-order valence-corrected chi connectivity index (χ0v) is 24.2. The number of methoxy groups -OCH3 is 1. The summed E-state index contributed by atoms with van der Waals surface area (Å²) in [6.45, 7) is 6.09. The van der Waals surface area contributed by atoms with Crippen molar-refractivity contribution < 1.29 is 32.3 Å². The highest BCUT2D eigenvalue weighted by Crippen LogP contribution is 2.40. The number of hydrogen-bond acceptors (Lipinski definition) is 7. The van der Waals surface area contributed by atoms with Crippen molar-refractivity contribution >= 4 is 33.2 Å². The monoisotopic (exact) mass is 558 g/mol. The molecule has 3 amide bonds. The Morgan fingerprint density at radius 2 is 1.69 bits per heavy atom. The molecule has 0 fully saturated rings. The topological polar surface area (TPSA) is 119 Å². The number of sulfone groups is 1. The fraction of sp³-hybridized carbons (Fsp3) is 0.483. The van der Waals surface area contributed by atoms with Crippen molar-refractivity contribution in [2.24, 2.45) is 0 Å². The molecule has 10 heteroatoms. The number of ether oxygens (including phenoxy) is 2. The van der Waals surface area contributed by atoms with Crippen LogP contribution in [0.5, 0.6) is 11.5 Å². The number of carbonyl (C=O) groups excluding carboxylic acids is 3. The highest BCUT2D eigenvalue weighted by atomic mass is 32.2. The summed E-state index contributed by atoms with van der Waals surface area (Å²) in [6, 6.07) is 7.19. The first kappa shape index (κ1) is 30.1. The van der Waals surface area contributed by atoms with Gasteiger partial charge in [-0.05, 0) is 55.5 Å². The van der Waals surface area contributed by atoms with E-state index >= 15 is 0 Å². The van der Waals surface area contributed by atoms with Crippen molar-refractivity contribution in [3.63, 3.8) is 0 Å². The first-order valence-electron chi connectivity index (χ1n) is 13.4. The van der Waals surface area contributed by atoms with Crippen LogP contribution in [-0.2, 0) is 21.1 Å². The normalized spacial score (nSPS) is 13.8. The predicted molar refractivity (Wildman–Crippen MR) is 150 cm³/mol. The van der Waals surface area contributed by atoms with Gasteiger partial charge in [0.2, 0.25) is 5.91 Å². The molecule has 0 bridgehead atoms. The number of imide groups is 1. The summed E-state index contributed by atoms with van der Waals surface area (Å²) in [6.07, 6.45) is 5.31. The van der Waals surface area contributed by atoms with Crippen LogP contribution < -0.4 is 14.8 Å². The molecule has 3 rings (SSSR count). The van der Waals surface area contributed by atoms with Crippen LogP contribution in [0.3, 0.4) is 0 Å². The minimum absolute atomic E-state index is 0.107. The van der Waals surface area contributed by atoms with Gasteiger partial charge in [0.25, 0.3) is 11.8 Å². The number of benzene rings is 2. The summed E-state index contributed by atoms with van der Waals surface area (Å²) in [5.41, 5.74) is 1.71. The van der Waals surface area contributed by atoms with Crippen molar-refractivity contribution in [2.75, 3.05) is 31.0 Å². The number of anilines is 1. The van der Waals surface area contributed by atoms with Crippen molar-refractivity contribution in [3.8, 4) is 11.5 Å². The van der Waals surface area contributed by atoms with Gasteiger partial charge in [0.05, 0.1) is 42.3 Å². The Morgan fingerprint density at radius 3 is 2.31 bits per heavy atom. The van der Waals surface area contributed by atoms with E-state index < -0.39 is 33.4 Å². The number of fused-ring (bicyclic) bond motifs is 1. The van der Waals surface area contributed by atoms with Crippen LogP contribution in [-0.4, -0.2) is 56.8 Å². The van der Waals surface area contributed by atoms with E-state index in [2.05, 4.69) is 12.2 Å². The lowest BCUT2D eigenvalue weighted by molar-refractivity contribution is -0.116. The zero-order chi connectivity index (χ0) is 28.7. The summed E-state index contributed by atoms with van der Waals surface area (Å²) in [4.78, 5) is 41.5. The number of hydrogen-bond donors (Lipinski definition) is 1. The largest absolute Gasteiger partial charge is 0.493 e. The SMILES string of the molecule is CCCCCc1ccc(NC(=O)CCC)c2c1C(=O)N([C@H](CS(C)(=O)=O)c1ccc(OC)c(OCC)c1)C2=O. The van der Waals surface area contributed by atoms with Crippen LogP contribution in [0.4, 0.5) is 5.69 Å². The second kappa shape index (κ2) is 13.1. The molecule has 0 saturated carbocycles. The van der Waals surface area contributed by atoms with Gasteiger partial charge < -0.3 is 14.8 Å². The lowest BCUT2D eigenvalue weighted by atomic mass is 9.96. The van der Waals surface area contributed by atoms with Crippen LogP contribution >= 0.6 is 0 Å². The fourth-order valence-corrected chi connectivity index (χ4v) is 5.74. The van der Waals surface area contributed by atoms with E-state index in [1.807, 2.05) is 6.92 Å². The molecule has 1 N–H and O–H groups in total. The van der Waals surface area contributed by atoms with Crippen LogP contribution in [0.2, 0.25) is 0 Å². The van der Waals surface area contributed by atoms with Crippen LogP contribution in [0.15, 0.2) is 30.3 Å². The summed E-state index contributed by atoms with van der Waals surface area (Å²) in [5, 5.41) is 2.78. The molecular formula is C29H38N2O7S. The van der Waals surface area contributed by atoms with Crippen LogP contribution in [0.1, 0.15) is 90.8 Å². The molecule has 2 aromatic carbocycles. The second-order valence-electron chi connectivity index (χ2n) is 9.71. The quantitative estimate of drug-likeness (QED) is 0.257. The van der Waals surface area contributed by atoms with Crippen molar-refractivity contribution in [3.05, 3.63) is 52.6 Å². The molecule has 212 valence electrons. The highest BCUT2D eigenvalue weighted by molar-refractivity contribution is 7.90. The summed E-state index contributed by atoms with van der Waals surface area (Å²) in [7, 11) is -2.15. The minimum atomic E-state index is -3.64. The fourth-order valence-electron chi connectivity index (χ4n) is 4.82. The van der Waals surface area contributed by atoms with Gasteiger partial charge in [0, 0.05) is 12.7 Å². The number of amides is 3. The van der Waals surface area contributed by atoms with E-state index in [4.69, 9.17) is 9.47 Å². The van der Waals surface area contributed by atoms with Crippen LogP contribution in [0, 0.1) is 0 Å². The van der Waals surface area contributed by atoms with Gasteiger partial charge in [-0.25, -0.2) is 8.42 Å². The van der Waals surface area contributed by atoms with E-state index in [1.54, 1.807) is 37.3 Å². The van der Waals surface area contributed by atoms with Crippen molar-refractivity contribution in [1.29, 1.82) is 0 Å². The zero-order valence-electron chi connectivity index (χ0n) is 23.3. The predicted octanol–water partition coefficient (Wildman–Crippen LogP) is 4.95.